The summed E-state index contributed by atoms with van der Waals surface area (Å²) in [4.78, 5) is 12.7. The van der Waals surface area contributed by atoms with Gasteiger partial charge in [0.15, 0.2) is 0 Å². The number of carbonyl (C=O) groups is 1. The third-order valence-electron chi connectivity index (χ3n) is 4.97. The van der Waals surface area contributed by atoms with E-state index in [1.54, 1.807) is 0 Å². The Balaban J connectivity index is 1.90. The molecule has 1 saturated carbocycles. The lowest BCUT2D eigenvalue weighted by Crippen LogP contribution is -2.35. The smallest absolute Gasteiger partial charge is 0.312 e. The minimum Gasteiger partial charge on any atom is -0.460 e. The second-order valence-corrected chi connectivity index (χ2v) is 6.71. The van der Waals surface area contributed by atoms with Crippen molar-refractivity contribution in [3.8, 4) is 0 Å². The zero-order chi connectivity index (χ0) is 15.7. The van der Waals surface area contributed by atoms with Gasteiger partial charge in [-0.2, -0.15) is 0 Å². The normalized spacial score (nSPS) is 17.1. The van der Waals surface area contributed by atoms with E-state index in [0.717, 1.165) is 31.2 Å². The molecule has 1 aliphatic rings. The predicted octanol–water partition coefficient (Wildman–Crippen LogP) is 5.65. The van der Waals surface area contributed by atoms with Gasteiger partial charge in [-0.25, -0.2) is 0 Å². The summed E-state index contributed by atoms with van der Waals surface area (Å²) in [6, 6.07) is 10.0. The molecular formula is C20H30O2. The summed E-state index contributed by atoms with van der Waals surface area (Å²) in [5.41, 5.74) is 0.883. The fourth-order valence-electron chi connectivity index (χ4n) is 3.55. The molecule has 1 aromatic carbocycles. The van der Waals surface area contributed by atoms with Crippen molar-refractivity contribution in [2.75, 3.05) is 0 Å². The topological polar surface area (TPSA) is 26.3 Å². The Morgan fingerprint density at radius 3 is 2.45 bits per heavy atom. The lowest BCUT2D eigenvalue weighted by molar-refractivity contribution is -0.160. The summed E-state index contributed by atoms with van der Waals surface area (Å²) >= 11 is 0. The van der Waals surface area contributed by atoms with Crippen LogP contribution in [0.1, 0.15) is 76.7 Å². The summed E-state index contributed by atoms with van der Waals surface area (Å²) in [6.45, 7) is 2.64. The van der Waals surface area contributed by atoms with Crippen molar-refractivity contribution in [3.63, 3.8) is 0 Å². The van der Waals surface area contributed by atoms with Crippen LogP contribution in [-0.2, 0) is 16.1 Å². The third-order valence-corrected chi connectivity index (χ3v) is 4.97. The first kappa shape index (κ1) is 17.1. The highest BCUT2D eigenvalue weighted by molar-refractivity contribution is 5.77. The quantitative estimate of drug-likeness (QED) is 0.458. The molecule has 0 saturated heterocycles. The Hall–Kier alpha value is -1.31. The summed E-state index contributed by atoms with van der Waals surface area (Å²) in [6.07, 6.45) is 11.6. The molecule has 0 aromatic heterocycles. The van der Waals surface area contributed by atoms with Crippen molar-refractivity contribution in [1.82, 2.24) is 0 Å². The van der Waals surface area contributed by atoms with Gasteiger partial charge < -0.3 is 4.74 Å². The molecule has 2 rings (SSSR count). The van der Waals surface area contributed by atoms with Crippen LogP contribution in [-0.4, -0.2) is 5.97 Å². The molecular weight excluding hydrogens is 272 g/mol. The van der Waals surface area contributed by atoms with Gasteiger partial charge in [-0.05, 0) is 24.8 Å². The van der Waals surface area contributed by atoms with Gasteiger partial charge in [0.2, 0.25) is 0 Å². The molecule has 0 aliphatic heterocycles. The van der Waals surface area contributed by atoms with Gasteiger partial charge in [0, 0.05) is 0 Å². The highest BCUT2D eigenvalue weighted by Crippen LogP contribution is 2.42. The zero-order valence-corrected chi connectivity index (χ0v) is 14.0. The van der Waals surface area contributed by atoms with Crippen LogP contribution in [0.25, 0.3) is 0 Å². The highest BCUT2D eigenvalue weighted by Gasteiger charge is 2.40. The summed E-state index contributed by atoms with van der Waals surface area (Å²) in [5.74, 6) is 0.0487. The number of rotatable bonds is 8. The Labute approximate surface area is 135 Å². The van der Waals surface area contributed by atoms with Gasteiger partial charge in [-0.1, -0.05) is 82.2 Å². The lowest BCUT2D eigenvalue weighted by atomic mass is 9.71. The SMILES string of the molecule is CCCCCCC1(C(=O)OCc2ccccc2)CCCCC1. The minimum absolute atomic E-state index is 0.0487. The van der Waals surface area contributed by atoms with Crippen LogP contribution in [0.4, 0.5) is 0 Å². The van der Waals surface area contributed by atoms with Crippen molar-refractivity contribution >= 4 is 5.97 Å². The first-order valence-corrected chi connectivity index (χ1v) is 8.98. The van der Waals surface area contributed by atoms with Crippen LogP contribution in [0.3, 0.4) is 0 Å². The van der Waals surface area contributed by atoms with Crippen LogP contribution in [0.15, 0.2) is 30.3 Å². The number of hydrogen-bond donors (Lipinski definition) is 0. The van der Waals surface area contributed by atoms with E-state index >= 15 is 0 Å². The van der Waals surface area contributed by atoms with Crippen molar-refractivity contribution < 1.29 is 9.53 Å². The Morgan fingerprint density at radius 2 is 1.77 bits per heavy atom. The first-order chi connectivity index (χ1) is 10.8. The molecule has 0 atom stereocenters. The number of unbranched alkanes of at least 4 members (excludes halogenated alkanes) is 3. The Bertz CT molecular complexity index is 432. The van der Waals surface area contributed by atoms with E-state index in [1.807, 2.05) is 30.3 Å². The lowest BCUT2D eigenvalue weighted by Gasteiger charge is -2.35. The summed E-state index contributed by atoms with van der Waals surface area (Å²) < 4.78 is 5.69. The molecule has 2 heteroatoms. The average molecular weight is 302 g/mol. The van der Waals surface area contributed by atoms with Crippen LogP contribution < -0.4 is 0 Å². The van der Waals surface area contributed by atoms with Crippen LogP contribution >= 0.6 is 0 Å². The van der Waals surface area contributed by atoms with E-state index in [0.29, 0.717) is 6.61 Å². The molecule has 22 heavy (non-hydrogen) atoms. The van der Waals surface area contributed by atoms with Crippen molar-refractivity contribution in [2.45, 2.75) is 77.7 Å². The molecule has 0 amide bonds. The maximum Gasteiger partial charge on any atom is 0.312 e. The van der Waals surface area contributed by atoms with E-state index < -0.39 is 0 Å². The van der Waals surface area contributed by atoms with Crippen LogP contribution in [0.2, 0.25) is 0 Å². The maximum absolute atomic E-state index is 12.7. The molecule has 1 aromatic rings. The molecule has 0 N–H and O–H groups in total. The fourth-order valence-corrected chi connectivity index (χ4v) is 3.55. The van der Waals surface area contributed by atoms with Gasteiger partial charge in [-0.15, -0.1) is 0 Å². The van der Waals surface area contributed by atoms with Gasteiger partial charge in [0.1, 0.15) is 6.61 Å². The van der Waals surface area contributed by atoms with Gasteiger partial charge in [0.25, 0.3) is 0 Å². The first-order valence-electron chi connectivity index (χ1n) is 8.98. The molecule has 0 unspecified atom stereocenters. The highest BCUT2D eigenvalue weighted by atomic mass is 16.5. The number of hydrogen-bond acceptors (Lipinski definition) is 2. The van der Waals surface area contributed by atoms with E-state index in [-0.39, 0.29) is 11.4 Å². The molecule has 2 nitrogen and oxygen atoms in total. The second kappa shape index (κ2) is 8.97. The third kappa shape index (κ3) is 4.86. The molecule has 0 bridgehead atoms. The van der Waals surface area contributed by atoms with Crippen molar-refractivity contribution in [2.24, 2.45) is 5.41 Å². The van der Waals surface area contributed by atoms with Gasteiger partial charge >= 0.3 is 5.97 Å². The standard InChI is InChI=1S/C20H30O2/c1-2-3-4-9-14-20(15-10-6-11-16-20)19(21)22-17-18-12-7-5-8-13-18/h5,7-8,12-13H,2-4,6,9-11,14-17H2,1H3. The zero-order valence-electron chi connectivity index (χ0n) is 14.0. The monoisotopic (exact) mass is 302 g/mol. The Morgan fingerprint density at radius 1 is 1.05 bits per heavy atom. The number of benzene rings is 1. The largest absolute Gasteiger partial charge is 0.460 e. The summed E-state index contributed by atoms with van der Waals surface area (Å²) in [7, 11) is 0. The van der Waals surface area contributed by atoms with Crippen molar-refractivity contribution in [3.05, 3.63) is 35.9 Å². The molecule has 0 heterocycles. The molecule has 1 fully saturated rings. The van der Waals surface area contributed by atoms with Crippen molar-refractivity contribution in [1.29, 1.82) is 0 Å². The average Bonchev–Trinajstić information content (AvgIpc) is 2.58. The fraction of sp³-hybridized carbons (Fsp3) is 0.650. The van der Waals surface area contributed by atoms with E-state index in [4.69, 9.17) is 4.74 Å². The molecule has 1 aliphatic carbocycles. The minimum atomic E-state index is -0.194. The number of carbonyl (C=O) groups excluding carboxylic acids is 1. The molecule has 122 valence electrons. The van der Waals surface area contributed by atoms with E-state index in [2.05, 4.69) is 6.92 Å². The maximum atomic E-state index is 12.7. The predicted molar refractivity (Wildman–Crippen MR) is 90.5 cm³/mol. The van der Waals surface area contributed by atoms with Crippen LogP contribution in [0.5, 0.6) is 0 Å². The number of esters is 1. The molecule has 0 spiro atoms. The number of ether oxygens (including phenoxy) is 1. The van der Waals surface area contributed by atoms with Gasteiger partial charge in [0.05, 0.1) is 5.41 Å². The van der Waals surface area contributed by atoms with Gasteiger partial charge in [-0.3, -0.25) is 4.79 Å². The van der Waals surface area contributed by atoms with E-state index in [9.17, 15) is 4.79 Å². The Kier molecular flexibility index (Phi) is 6.95. The second-order valence-electron chi connectivity index (χ2n) is 6.71. The summed E-state index contributed by atoms with van der Waals surface area (Å²) in [5, 5.41) is 0. The molecule has 0 radical (unpaired) electrons. The van der Waals surface area contributed by atoms with Crippen LogP contribution in [0, 0.1) is 5.41 Å². The van der Waals surface area contributed by atoms with E-state index in [1.165, 1.54) is 38.5 Å².